The van der Waals surface area contributed by atoms with Gasteiger partial charge in [-0.3, -0.25) is 0 Å². The number of aryl methyl sites for hydroxylation is 1. The molecule has 2 aromatic heterocycles. The summed E-state index contributed by atoms with van der Waals surface area (Å²) in [5.41, 5.74) is 0. The van der Waals surface area contributed by atoms with Gasteiger partial charge in [-0.1, -0.05) is 13.8 Å². The van der Waals surface area contributed by atoms with E-state index in [4.69, 9.17) is 14.3 Å². The van der Waals surface area contributed by atoms with E-state index >= 15 is 0 Å². The summed E-state index contributed by atoms with van der Waals surface area (Å²) in [7, 11) is 0. The second kappa shape index (κ2) is 5.48. The normalized spacial score (nSPS) is 10.9. The number of hydrogen-bond donors (Lipinski definition) is 1. The SMILES string of the molecule is Cc1ccc(COc2cc(C(C)C)sc2C(=O)O)o1. The lowest BCUT2D eigenvalue weighted by Gasteiger charge is -2.02. The Balaban J connectivity index is 2.16. The molecule has 0 radical (unpaired) electrons. The van der Waals surface area contributed by atoms with Gasteiger partial charge in [-0.15, -0.1) is 11.3 Å². The molecule has 0 unspecified atom stereocenters. The van der Waals surface area contributed by atoms with Gasteiger partial charge in [0.25, 0.3) is 0 Å². The standard InChI is InChI=1S/C14H16O4S/c1-8(2)12-6-11(13(19-12)14(15)16)17-7-10-5-4-9(3)18-10/h4-6,8H,7H2,1-3H3,(H,15,16). The zero-order valence-corrected chi connectivity index (χ0v) is 11.9. The zero-order chi connectivity index (χ0) is 14.0. The Kier molecular flexibility index (Phi) is 3.95. The van der Waals surface area contributed by atoms with Gasteiger partial charge in [0.15, 0.2) is 4.88 Å². The predicted molar refractivity (Wildman–Crippen MR) is 73.1 cm³/mol. The van der Waals surface area contributed by atoms with Crippen LogP contribution in [-0.2, 0) is 6.61 Å². The van der Waals surface area contributed by atoms with Crippen LogP contribution in [0.15, 0.2) is 22.6 Å². The fourth-order valence-electron chi connectivity index (χ4n) is 1.64. The van der Waals surface area contributed by atoms with Crippen LogP contribution in [0.3, 0.4) is 0 Å². The van der Waals surface area contributed by atoms with E-state index in [-0.39, 0.29) is 17.4 Å². The molecule has 0 saturated heterocycles. The van der Waals surface area contributed by atoms with E-state index in [0.717, 1.165) is 10.6 Å². The smallest absolute Gasteiger partial charge is 0.349 e. The van der Waals surface area contributed by atoms with E-state index in [0.29, 0.717) is 11.5 Å². The minimum Gasteiger partial charge on any atom is -0.484 e. The molecule has 19 heavy (non-hydrogen) atoms. The highest BCUT2D eigenvalue weighted by Gasteiger charge is 2.18. The number of carboxylic acids is 1. The molecular formula is C14H16O4S. The van der Waals surface area contributed by atoms with Gasteiger partial charge in [0.05, 0.1) is 0 Å². The molecule has 0 aliphatic rings. The van der Waals surface area contributed by atoms with Crippen LogP contribution in [0, 0.1) is 6.92 Å². The molecule has 0 bridgehead atoms. The van der Waals surface area contributed by atoms with Crippen molar-refractivity contribution in [2.24, 2.45) is 0 Å². The minimum absolute atomic E-state index is 0.238. The van der Waals surface area contributed by atoms with Crippen molar-refractivity contribution >= 4 is 17.3 Å². The first kappa shape index (κ1) is 13.7. The summed E-state index contributed by atoms with van der Waals surface area (Å²) in [5.74, 6) is 1.24. The molecule has 0 aliphatic carbocycles. The molecular weight excluding hydrogens is 264 g/mol. The van der Waals surface area contributed by atoms with Crippen molar-refractivity contribution in [3.05, 3.63) is 39.5 Å². The fraction of sp³-hybridized carbons (Fsp3) is 0.357. The molecule has 1 N–H and O–H groups in total. The number of rotatable bonds is 5. The Labute approximate surface area is 115 Å². The summed E-state index contributed by atoms with van der Waals surface area (Å²) < 4.78 is 11.0. The van der Waals surface area contributed by atoms with E-state index in [9.17, 15) is 4.79 Å². The molecule has 0 aromatic carbocycles. The maximum absolute atomic E-state index is 11.2. The van der Waals surface area contributed by atoms with Crippen LogP contribution in [0.2, 0.25) is 0 Å². The highest BCUT2D eigenvalue weighted by Crippen LogP contribution is 2.34. The first-order valence-electron chi connectivity index (χ1n) is 6.02. The van der Waals surface area contributed by atoms with Crippen LogP contribution in [0.25, 0.3) is 0 Å². The van der Waals surface area contributed by atoms with Crippen molar-refractivity contribution < 1.29 is 19.1 Å². The first-order valence-corrected chi connectivity index (χ1v) is 6.84. The van der Waals surface area contributed by atoms with Gasteiger partial charge in [0, 0.05) is 4.88 Å². The van der Waals surface area contributed by atoms with Crippen LogP contribution in [-0.4, -0.2) is 11.1 Å². The Morgan fingerprint density at radius 2 is 2.21 bits per heavy atom. The van der Waals surface area contributed by atoms with Gasteiger partial charge in [0.2, 0.25) is 0 Å². The third kappa shape index (κ3) is 3.17. The highest BCUT2D eigenvalue weighted by atomic mass is 32.1. The summed E-state index contributed by atoms with van der Waals surface area (Å²) in [6.45, 7) is 6.14. The molecule has 0 fully saturated rings. The second-order valence-corrected chi connectivity index (χ2v) is 5.69. The molecule has 0 saturated carbocycles. The zero-order valence-electron chi connectivity index (χ0n) is 11.1. The molecule has 2 rings (SSSR count). The maximum Gasteiger partial charge on any atom is 0.349 e. The molecule has 0 atom stereocenters. The second-order valence-electron chi connectivity index (χ2n) is 4.60. The molecule has 5 heteroatoms. The summed E-state index contributed by atoms with van der Waals surface area (Å²) in [6, 6.07) is 5.48. The lowest BCUT2D eigenvalue weighted by Crippen LogP contribution is -1.99. The molecule has 4 nitrogen and oxygen atoms in total. The lowest BCUT2D eigenvalue weighted by atomic mass is 10.2. The summed E-state index contributed by atoms with van der Waals surface area (Å²) >= 11 is 1.26. The van der Waals surface area contributed by atoms with E-state index < -0.39 is 5.97 Å². The summed E-state index contributed by atoms with van der Waals surface area (Å²) in [5, 5.41) is 9.17. The average molecular weight is 280 g/mol. The largest absolute Gasteiger partial charge is 0.484 e. The summed E-state index contributed by atoms with van der Waals surface area (Å²) in [6.07, 6.45) is 0. The Bertz CT molecular complexity index is 580. The monoisotopic (exact) mass is 280 g/mol. The third-order valence-corrected chi connectivity index (χ3v) is 4.05. The van der Waals surface area contributed by atoms with Crippen molar-refractivity contribution in [3.8, 4) is 5.75 Å². The quantitative estimate of drug-likeness (QED) is 0.897. The number of hydrogen-bond acceptors (Lipinski definition) is 4. The van der Waals surface area contributed by atoms with Gasteiger partial charge >= 0.3 is 5.97 Å². The van der Waals surface area contributed by atoms with E-state index in [1.54, 1.807) is 6.07 Å². The number of ether oxygens (including phenoxy) is 1. The molecule has 2 heterocycles. The van der Waals surface area contributed by atoms with E-state index in [1.165, 1.54) is 11.3 Å². The van der Waals surface area contributed by atoms with Crippen LogP contribution in [0.5, 0.6) is 5.75 Å². The fourth-order valence-corrected chi connectivity index (χ4v) is 2.59. The van der Waals surface area contributed by atoms with Gasteiger partial charge in [-0.2, -0.15) is 0 Å². The lowest BCUT2D eigenvalue weighted by molar-refractivity contribution is 0.0697. The van der Waals surface area contributed by atoms with E-state index in [1.807, 2.05) is 32.9 Å². The molecule has 102 valence electrons. The van der Waals surface area contributed by atoms with Crippen LogP contribution >= 0.6 is 11.3 Å². The molecule has 0 aliphatic heterocycles. The number of carboxylic acid groups (broad SMARTS) is 1. The molecule has 0 amide bonds. The van der Waals surface area contributed by atoms with Crippen molar-refractivity contribution in [2.75, 3.05) is 0 Å². The molecule has 2 aromatic rings. The summed E-state index contributed by atoms with van der Waals surface area (Å²) in [4.78, 5) is 12.4. The highest BCUT2D eigenvalue weighted by molar-refractivity contribution is 7.14. The average Bonchev–Trinajstić information content (AvgIpc) is 2.92. The Hall–Kier alpha value is -1.75. The van der Waals surface area contributed by atoms with Crippen LogP contribution < -0.4 is 4.74 Å². The van der Waals surface area contributed by atoms with E-state index in [2.05, 4.69) is 0 Å². The maximum atomic E-state index is 11.2. The number of furan rings is 1. The van der Waals surface area contributed by atoms with Gasteiger partial charge in [-0.25, -0.2) is 4.79 Å². The van der Waals surface area contributed by atoms with Crippen molar-refractivity contribution in [2.45, 2.75) is 33.3 Å². The van der Waals surface area contributed by atoms with Gasteiger partial charge in [0.1, 0.15) is 23.9 Å². The van der Waals surface area contributed by atoms with Crippen molar-refractivity contribution in [1.82, 2.24) is 0 Å². The van der Waals surface area contributed by atoms with Gasteiger partial charge < -0.3 is 14.3 Å². The van der Waals surface area contributed by atoms with Crippen molar-refractivity contribution in [3.63, 3.8) is 0 Å². The Morgan fingerprint density at radius 3 is 2.74 bits per heavy atom. The third-order valence-electron chi connectivity index (χ3n) is 2.65. The van der Waals surface area contributed by atoms with Crippen LogP contribution in [0.4, 0.5) is 0 Å². The minimum atomic E-state index is -0.956. The van der Waals surface area contributed by atoms with Crippen molar-refractivity contribution in [1.29, 1.82) is 0 Å². The number of aromatic carboxylic acids is 1. The predicted octanol–water partition coefficient (Wildman–Crippen LogP) is 4.05. The van der Waals surface area contributed by atoms with Gasteiger partial charge in [-0.05, 0) is 31.0 Å². The first-order chi connectivity index (χ1) is 8.97. The molecule has 0 spiro atoms. The topological polar surface area (TPSA) is 59.7 Å². The Morgan fingerprint density at radius 1 is 1.47 bits per heavy atom. The van der Waals surface area contributed by atoms with Crippen LogP contribution in [0.1, 0.15) is 45.8 Å². The number of thiophene rings is 1. The number of carbonyl (C=O) groups is 1.